The SMILES string of the molecule is CC(C)c1ccc(S(=O)(=O)N(C)CC=O)cc1. The highest BCUT2D eigenvalue weighted by molar-refractivity contribution is 7.89. The first-order valence-corrected chi connectivity index (χ1v) is 6.83. The lowest BCUT2D eigenvalue weighted by molar-refractivity contribution is -0.107. The molecule has 17 heavy (non-hydrogen) atoms. The van der Waals surface area contributed by atoms with Gasteiger partial charge in [-0.05, 0) is 23.6 Å². The van der Waals surface area contributed by atoms with Crippen LogP contribution in [0.25, 0.3) is 0 Å². The smallest absolute Gasteiger partial charge is 0.243 e. The zero-order valence-electron chi connectivity index (χ0n) is 10.3. The zero-order valence-corrected chi connectivity index (χ0v) is 11.1. The Hall–Kier alpha value is -1.20. The second kappa shape index (κ2) is 5.42. The summed E-state index contributed by atoms with van der Waals surface area (Å²) in [5.74, 6) is 0.361. The zero-order chi connectivity index (χ0) is 13.1. The van der Waals surface area contributed by atoms with Crippen LogP contribution in [-0.2, 0) is 14.8 Å². The molecular formula is C12H17NO3S. The Balaban J connectivity index is 3.04. The van der Waals surface area contributed by atoms with Crippen molar-refractivity contribution in [2.75, 3.05) is 13.6 Å². The van der Waals surface area contributed by atoms with Gasteiger partial charge in [0.05, 0.1) is 11.4 Å². The largest absolute Gasteiger partial charge is 0.302 e. The van der Waals surface area contributed by atoms with E-state index in [0.717, 1.165) is 9.87 Å². The van der Waals surface area contributed by atoms with Gasteiger partial charge in [0.25, 0.3) is 0 Å². The van der Waals surface area contributed by atoms with E-state index in [2.05, 4.69) is 0 Å². The molecule has 0 N–H and O–H groups in total. The minimum Gasteiger partial charge on any atom is -0.302 e. The van der Waals surface area contributed by atoms with Crippen LogP contribution in [-0.4, -0.2) is 32.6 Å². The fraction of sp³-hybridized carbons (Fsp3) is 0.417. The summed E-state index contributed by atoms with van der Waals surface area (Å²) < 4.78 is 25.0. The minimum atomic E-state index is -3.54. The topological polar surface area (TPSA) is 54.5 Å². The standard InChI is InChI=1S/C12H17NO3S/c1-10(2)11-4-6-12(7-5-11)17(15,16)13(3)8-9-14/h4-7,9-10H,8H2,1-3H3. The summed E-state index contributed by atoms with van der Waals surface area (Å²) in [6.07, 6.45) is 0.569. The molecule has 0 bridgehead atoms. The summed E-state index contributed by atoms with van der Waals surface area (Å²) >= 11 is 0. The van der Waals surface area contributed by atoms with E-state index < -0.39 is 10.0 Å². The van der Waals surface area contributed by atoms with Crippen LogP contribution in [0.15, 0.2) is 29.2 Å². The maximum absolute atomic E-state index is 12.0. The van der Waals surface area contributed by atoms with Crippen LogP contribution in [0.1, 0.15) is 25.3 Å². The van der Waals surface area contributed by atoms with Gasteiger partial charge in [-0.2, -0.15) is 4.31 Å². The maximum Gasteiger partial charge on any atom is 0.243 e. The first kappa shape index (κ1) is 13.9. The lowest BCUT2D eigenvalue weighted by Gasteiger charge is -2.14. The van der Waals surface area contributed by atoms with Crippen molar-refractivity contribution in [2.45, 2.75) is 24.7 Å². The number of hydrogen-bond acceptors (Lipinski definition) is 3. The van der Waals surface area contributed by atoms with Crippen LogP contribution in [0, 0.1) is 0 Å². The number of rotatable bonds is 5. The number of sulfonamides is 1. The predicted molar refractivity (Wildman–Crippen MR) is 66.4 cm³/mol. The van der Waals surface area contributed by atoms with Crippen LogP contribution in [0.4, 0.5) is 0 Å². The molecule has 0 saturated carbocycles. The Bertz CT molecular complexity index is 477. The molecule has 0 unspecified atom stereocenters. The third kappa shape index (κ3) is 3.14. The first-order chi connectivity index (χ1) is 7.89. The van der Waals surface area contributed by atoms with Crippen LogP contribution >= 0.6 is 0 Å². The Morgan fingerprint density at radius 1 is 1.24 bits per heavy atom. The molecule has 4 nitrogen and oxygen atoms in total. The van der Waals surface area contributed by atoms with E-state index >= 15 is 0 Å². The molecule has 0 heterocycles. The Kier molecular flexibility index (Phi) is 4.42. The molecule has 0 amide bonds. The lowest BCUT2D eigenvalue weighted by Crippen LogP contribution is -2.28. The first-order valence-electron chi connectivity index (χ1n) is 5.39. The highest BCUT2D eigenvalue weighted by atomic mass is 32.2. The number of likely N-dealkylation sites (N-methyl/N-ethyl adjacent to an activating group) is 1. The van der Waals surface area contributed by atoms with Crippen LogP contribution < -0.4 is 0 Å². The van der Waals surface area contributed by atoms with Gasteiger partial charge in [0.1, 0.15) is 6.29 Å². The second-order valence-corrected chi connectivity index (χ2v) is 6.22. The van der Waals surface area contributed by atoms with Crippen molar-refractivity contribution in [1.29, 1.82) is 0 Å². The Morgan fingerprint density at radius 2 is 1.76 bits per heavy atom. The summed E-state index contributed by atoms with van der Waals surface area (Å²) in [5, 5.41) is 0. The van der Waals surface area contributed by atoms with Crippen LogP contribution in [0.2, 0.25) is 0 Å². The number of carbonyl (C=O) groups is 1. The van der Waals surface area contributed by atoms with Crippen LogP contribution in [0.5, 0.6) is 0 Å². The van der Waals surface area contributed by atoms with Gasteiger partial charge in [-0.3, -0.25) is 0 Å². The number of nitrogens with zero attached hydrogens (tertiary/aromatic N) is 1. The lowest BCUT2D eigenvalue weighted by atomic mass is 10.0. The van der Waals surface area contributed by atoms with Crippen molar-refractivity contribution < 1.29 is 13.2 Å². The fourth-order valence-electron chi connectivity index (χ4n) is 1.41. The summed E-state index contributed by atoms with van der Waals surface area (Å²) in [6.45, 7) is 3.96. The van der Waals surface area contributed by atoms with E-state index in [1.165, 1.54) is 7.05 Å². The molecule has 0 aliphatic rings. The average molecular weight is 255 g/mol. The molecule has 0 radical (unpaired) electrons. The Morgan fingerprint density at radius 3 is 2.18 bits per heavy atom. The van der Waals surface area contributed by atoms with Gasteiger partial charge in [0.15, 0.2) is 0 Å². The second-order valence-electron chi connectivity index (χ2n) is 4.18. The molecular weight excluding hydrogens is 238 g/mol. The summed E-state index contributed by atoms with van der Waals surface area (Å²) in [5.41, 5.74) is 1.09. The van der Waals surface area contributed by atoms with E-state index in [4.69, 9.17) is 0 Å². The number of benzene rings is 1. The van der Waals surface area contributed by atoms with E-state index in [1.807, 2.05) is 13.8 Å². The van der Waals surface area contributed by atoms with Crippen molar-refractivity contribution >= 4 is 16.3 Å². The third-order valence-electron chi connectivity index (χ3n) is 2.59. The number of carbonyl (C=O) groups excluding carboxylic acids is 1. The van der Waals surface area contributed by atoms with Gasteiger partial charge in [0.2, 0.25) is 10.0 Å². The van der Waals surface area contributed by atoms with Gasteiger partial charge in [-0.1, -0.05) is 26.0 Å². The van der Waals surface area contributed by atoms with Crippen molar-refractivity contribution in [3.8, 4) is 0 Å². The fourth-order valence-corrected chi connectivity index (χ4v) is 2.50. The monoisotopic (exact) mass is 255 g/mol. The third-order valence-corrected chi connectivity index (χ3v) is 4.42. The van der Waals surface area contributed by atoms with Crippen molar-refractivity contribution in [3.63, 3.8) is 0 Å². The molecule has 0 aliphatic heterocycles. The number of aldehydes is 1. The van der Waals surface area contributed by atoms with Crippen molar-refractivity contribution in [3.05, 3.63) is 29.8 Å². The summed E-state index contributed by atoms with van der Waals surface area (Å²) in [6, 6.07) is 6.75. The van der Waals surface area contributed by atoms with Gasteiger partial charge in [-0.15, -0.1) is 0 Å². The molecule has 0 spiro atoms. The summed E-state index contributed by atoms with van der Waals surface area (Å²) in [4.78, 5) is 10.5. The van der Waals surface area contributed by atoms with Crippen molar-refractivity contribution in [1.82, 2.24) is 4.31 Å². The molecule has 1 rings (SSSR count). The molecule has 0 atom stereocenters. The summed E-state index contributed by atoms with van der Waals surface area (Å²) in [7, 11) is -2.15. The van der Waals surface area contributed by atoms with E-state index in [0.29, 0.717) is 12.2 Å². The van der Waals surface area contributed by atoms with Crippen LogP contribution in [0.3, 0.4) is 0 Å². The molecule has 1 aromatic rings. The highest BCUT2D eigenvalue weighted by Crippen LogP contribution is 2.19. The van der Waals surface area contributed by atoms with Gasteiger partial charge in [0, 0.05) is 7.05 Å². The Labute approximate surface area is 102 Å². The maximum atomic E-state index is 12.0. The normalized spacial score (nSPS) is 12.1. The number of hydrogen-bond donors (Lipinski definition) is 0. The van der Waals surface area contributed by atoms with E-state index in [1.54, 1.807) is 24.3 Å². The highest BCUT2D eigenvalue weighted by Gasteiger charge is 2.19. The van der Waals surface area contributed by atoms with E-state index in [-0.39, 0.29) is 11.4 Å². The van der Waals surface area contributed by atoms with Gasteiger partial charge < -0.3 is 4.79 Å². The average Bonchev–Trinajstić information content (AvgIpc) is 2.29. The van der Waals surface area contributed by atoms with Gasteiger partial charge in [-0.25, -0.2) is 8.42 Å². The minimum absolute atomic E-state index is 0.131. The molecule has 0 aliphatic carbocycles. The molecule has 1 aromatic carbocycles. The quantitative estimate of drug-likeness (QED) is 0.751. The molecule has 0 saturated heterocycles. The molecule has 0 aromatic heterocycles. The predicted octanol–water partition coefficient (Wildman–Crippen LogP) is 1.63. The molecule has 5 heteroatoms. The van der Waals surface area contributed by atoms with Gasteiger partial charge >= 0.3 is 0 Å². The van der Waals surface area contributed by atoms with Crippen molar-refractivity contribution in [2.24, 2.45) is 0 Å². The molecule has 94 valence electrons. The molecule has 0 fully saturated rings. The van der Waals surface area contributed by atoms with E-state index in [9.17, 15) is 13.2 Å².